The minimum atomic E-state index is -5.39. The summed E-state index contributed by atoms with van der Waals surface area (Å²) >= 11 is 6.73. The van der Waals surface area contributed by atoms with Gasteiger partial charge in [0.2, 0.25) is 0 Å². The Morgan fingerprint density at radius 1 is 0.556 bits per heavy atom. The molecule has 0 radical (unpaired) electrons. The van der Waals surface area contributed by atoms with Crippen LogP contribution in [0.3, 0.4) is 0 Å². The summed E-state index contributed by atoms with van der Waals surface area (Å²) in [5, 5.41) is 0. The number of rotatable bonds is 6. The van der Waals surface area contributed by atoms with Gasteiger partial charge in [-0.2, -0.15) is 35.1 Å². The Morgan fingerprint density at radius 2 is 0.933 bits per heavy atom. The molecule has 0 saturated heterocycles. The van der Waals surface area contributed by atoms with Crippen LogP contribution in [0.5, 0.6) is 0 Å². The molecule has 234 valence electrons. The first-order valence-corrected chi connectivity index (χ1v) is 17.9. The third-order valence-electron chi connectivity index (χ3n) is 7.10. The third kappa shape index (κ3) is 5.53. The van der Waals surface area contributed by atoms with E-state index in [4.69, 9.17) is 0 Å². The first-order valence-electron chi connectivity index (χ1n) is 13.9. The van der Waals surface area contributed by atoms with E-state index < -0.39 is 23.7 Å². The summed E-state index contributed by atoms with van der Waals surface area (Å²) < 4.78 is 97.8. The summed E-state index contributed by atoms with van der Waals surface area (Å²) in [4.78, 5) is 11.0. The molecule has 0 fully saturated rings. The summed E-state index contributed by atoms with van der Waals surface area (Å²) in [6.45, 7) is 8.47. The predicted molar refractivity (Wildman–Crippen MR) is 175 cm³/mol. The van der Waals surface area contributed by atoms with Gasteiger partial charge < -0.3 is 0 Å². The normalized spacial score (nSPS) is 13.2. The van der Waals surface area contributed by atoms with Crippen LogP contribution < -0.4 is 0 Å². The van der Waals surface area contributed by atoms with Crippen LogP contribution in [-0.2, 0) is 25.2 Å². The second-order valence-electron chi connectivity index (χ2n) is 11.6. The smallest absolute Gasteiger partial charge is 0.239 e. The van der Waals surface area contributed by atoms with Crippen molar-refractivity contribution < 1.29 is 26.3 Å². The van der Waals surface area contributed by atoms with Crippen molar-refractivity contribution in [2.75, 3.05) is 0 Å². The van der Waals surface area contributed by atoms with Gasteiger partial charge in [-0.25, -0.2) is 9.97 Å². The quantitative estimate of drug-likeness (QED) is 0.161. The highest BCUT2D eigenvalue weighted by Crippen LogP contribution is 2.50. The van der Waals surface area contributed by atoms with Gasteiger partial charge in [0.25, 0.3) is 0 Å². The molecule has 45 heavy (non-hydrogen) atoms. The van der Waals surface area contributed by atoms with Crippen molar-refractivity contribution in [1.82, 2.24) is 18.7 Å². The van der Waals surface area contributed by atoms with Gasteiger partial charge in [0.05, 0.1) is 11.7 Å². The second kappa shape index (κ2) is 10.9. The number of benzene rings is 1. The third-order valence-corrected chi connectivity index (χ3v) is 12.3. The fraction of sp³-hybridized carbons (Fsp3) is 0.333. The number of hydrogen-bond acceptors (Lipinski definition) is 9. The van der Waals surface area contributed by atoms with Crippen LogP contribution in [0.2, 0.25) is 0 Å². The van der Waals surface area contributed by atoms with E-state index in [2.05, 4.69) is 58.5 Å². The van der Waals surface area contributed by atoms with E-state index in [9.17, 15) is 26.3 Å². The van der Waals surface area contributed by atoms with Crippen LogP contribution in [0.1, 0.15) is 48.8 Å². The van der Waals surface area contributed by atoms with Crippen LogP contribution in [0, 0.1) is 11.8 Å². The summed E-state index contributed by atoms with van der Waals surface area (Å²) in [5.74, 6) is 0.894. The van der Waals surface area contributed by atoms with E-state index in [1.165, 1.54) is 32.4 Å². The zero-order valence-electron chi connectivity index (χ0n) is 24.0. The van der Waals surface area contributed by atoms with Crippen LogP contribution in [0.15, 0.2) is 24.3 Å². The molecule has 1 aromatic carbocycles. The van der Waals surface area contributed by atoms with Gasteiger partial charge >= 0.3 is 12.4 Å². The lowest BCUT2D eigenvalue weighted by atomic mass is 10.0. The largest absolute Gasteiger partial charge is 0.435 e. The average Bonchev–Trinajstić information content (AvgIpc) is 3.71. The van der Waals surface area contributed by atoms with Crippen molar-refractivity contribution in [3.05, 3.63) is 45.4 Å². The molecule has 6 aromatic heterocycles. The molecule has 4 nitrogen and oxygen atoms in total. The fourth-order valence-corrected chi connectivity index (χ4v) is 11.3. The SMILES string of the molecule is CC(C)Cc1cc2sc(-c3c4nsnc4c(-c4cc5sc(CC(C)C)cc5s4)c4nc(C(F)(F)F)c(C(F)(F)F)nc34)cc2s1. The molecule has 7 rings (SSSR count). The van der Waals surface area contributed by atoms with E-state index in [0.29, 0.717) is 32.6 Å². The molecule has 0 saturated carbocycles. The number of halogens is 6. The molecule has 0 amide bonds. The van der Waals surface area contributed by atoms with Gasteiger partial charge in [0, 0.05) is 49.4 Å². The van der Waals surface area contributed by atoms with Crippen molar-refractivity contribution in [2.24, 2.45) is 11.8 Å². The van der Waals surface area contributed by atoms with Gasteiger partial charge in [0.15, 0.2) is 11.4 Å². The Balaban J connectivity index is 1.54. The highest BCUT2D eigenvalue weighted by atomic mass is 32.1. The molecule has 15 heteroatoms. The van der Waals surface area contributed by atoms with Crippen molar-refractivity contribution in [3.63, 3.8) is 0 Å². The molecular weight excluding hydrogens is 691 g/mol. The summed E-state index contributed by atoms with van der Waals surface area (Å²) in [6.07, 6.45) is -9.01. The maximum atomic E-state index is 14.2. The zero-order chi connectivity index (χ0) is 32.0. The molecule has 7 aromatic rings. The van der Waals surface area contributed by atoms with E-state index in [1.54, 1.807) is 22.7 Å². The molecule has 0 bridgehead atoms. The number of hydrogen-bond donors (Lipinski definition) is 0. The number of thiophene rings is 4. The van der Waals surface area contributed by atoms with E-state index in [1.807, 2.05) is 12.1 Å². The standard InChI is InChI=1S/C30H22F6N4S5/c1-11(2)5-13-7-15-17(41-13)9-19(43-15)21-23-24(38-28(30(34,35)36)27(37-23)29(31,32)33)22(26-25(21)39-45-40-26)20-10-18-16(44-20)8-14(42-18)6-12(3)4/h7-12H,5-6H2,1-4H3. The summed E-state index contributed by atoms with van der Waals surface area (Å²) in [6, 6.07) is 7.82. The molecule has 0 N–H and O–H groups in total. The molecule has 0 spiro atoms. The van der Waals surface area contributed by atoms with Crippen LogP contribution in [0.4, 0.5) is 26.3 Å². The first kappa shape index (κ1) is 30.9. The number of fused-ring (bicyclic) bond motifs is 4. The van der Waals surface area contributed by atoms with E-state index in [-0.39, 0.29) is 22.2 Å². The number of aromatic nitrogens is 4. The Kier molecular flexibility index (Phi) is 7.51. The highest BCUT2D eigenvalue weighted by molar-refractivity contribution is 7.30. The van der Waals surface area contributed by atoms with E-state index in [0.717, 1.165) is 43.4 Å². The molecule has 6 heterocycles. The van der Waals surface area contributed by atoms with Crippen molar-refractivity contribution in [2.45, 2.75) is 52.9 Å². The predicted octanol–water partition coefficient (Wildman–Crippen LogP) is 12.0. The molecule has 0 aliphatic rings. The summed E-state index contributed by atoms with van der Waals surface area (Å²) in [5.41, 5.74) is -3.70. The molecule has 0 aliphatic heterocycles. The maximum absolute atomic E-state index is 14.2. The van der Waals surface area contributed by atoms with Gasteiger partial charge in [-0.1, -0.05) is 27.7 Å². The highest BCUT2D eigenvalue weighted by Gasteiger charge is 2.47. The van der Waals surface area contributed by atoms with Crippen molar-refractivity contribution >= 4 is 97.9 Å². The lowest BCUT2D eigenvalue weighted by Gasteiger charge is -2.17. The van der Waals surface area contributed by atoms with Gasteiger partial charge in [-0.3, -0.25) is 0 Å². The monoisotopic (exact) mass is 712 g/mol. The average molecular weight is 713 g/mol. The lowest BCUT2D eigenvalue weighted by Crippen LogP contribution is -2.21. The minimum Gasteiger partial charge on any atom is -0.239 e. The Bertz CT molecular complexity index is 2010. The topological polar surface area (TPSA) is 51.6 Å². The number of alkyl halides is 6. The van der Waals surface area contributed by atoms with Crippen molar-refractivity contribution in [3.8, 4) is 20.9 Å². The van der Waals surface area contributed by atoms with Crippen LogP contribution in [-0.4, -0.2) is 18.7 Å². The molecule has 0 unspecified atom stereocenters. The maximum Gasteiger partial charge on any atom is 0.435 e. The van der Waals surface area contributed by atoms with Crippen molar-refractivity contribution in [1.29, 1.82) is 0 Å². The zero-order valence-corrected chi connectivity index (χ0v) is 28.1. The van der Waals surface area contributed by atoms with Gasteiger partial charge in [-0.15, -0.1) is 45.3 Å². The summed E-state index contributed by atoms with van der Waals surface area (Å²) in [7, 11) is 0. The Hall–Kier alpha value is -2.72. The fourth-order valence-electron chi connectivity index (χ4n) is 5.41. The molecule has 0 aliphatic carbocycles. The van der Waals surface area contributed by atoms with Crippen LogP contribution in [0.25, 0.3) is 61.7 Å². The van der Waals surface area contributed by atoms with Gasteiger partial charge in [-0.05, 0) is 48.9 Å². The van der Waals surface area contributed by atoms with E-state index >= 15 is 0 Å². The number of nitrogens with zero attached hydrogens (tertiary/aromatic N) is 4. The molecule has 0 atom stereocenters. The van der Waals surface area contributed by atoms with Gasteiger partial charge in [0.1, 0.15) is 22.1 Å². The first-order chi connectivity index (χ1) is 21.2. The molecular formula is C30H22F6N4S5. The minimum absolute atomic E-state index is 0.209. The Morgan fingerprint density at radius 3 is 1.27 bits per heavy atom. The van der Waals surface area contributed by atoms with Crippen LogP contribution >= 0.6 is 57.1 Å². The second-order valence-corrected chi connectivity index (χ2v) is 16.7. The lowest BCUT2D eigenvalue weighted by molar-refractivity contribution is -0.167. The Labute approximate surface area is 272 Å².